The molecule has 1 unspecified atom stereocenters. The molecule has 1 aromatic carbocycles. The second kappa shape index (κ2) is 5.30. The molecule has 0 fully saturated rings. The molecule has 1 N–H and O–H groups in total. The van der Waals surface area contributed by atoms with Gasteiger partial charge >= 0.3 is 0 Å². The molecule has 0 saturated heterocycles. The lowest BCUT2D eigenvalue weighted by molar-refractivity contribution is 0.409. The van der Waals surface area contributed by atoms with Crippen LogP contribution in [-0.2, 0) is 5.75 Å². The van der Waals surface area contributed by atoms with Crippen molar-refractivity contribution >= 4 is 23.4 Å². The Labute approximate surface area is 106 Å². The van der Waals surface area contributed by atoms with Crippen LogP contribution in [0, 0.1) is 0 Å². The van der Waals surface area contributed by atoms with Crippen molar-refractivity contribution < 1.29 is 4.74 Å². The van der Waals surface area contributed by atoms with Crippen molar-refractivity contribution in [2.24, 2.45) is 0 Å². The molecule has 1 aromatic rings. The average Bonchev–Trinajstić information content (AvgIpc) is 2.52. The molecule has 1 aliphatic heterocycles. The molecule has 1 atom stereocenters. The third-order valence-corrected chi connectivity index (χ3v) is 4.32. The fourth-order valence-electron chi connectivity index (χ4n) is 2.14. The Bertz CT molecular complexity index is 384. The van der Waals surface area contributed by atoms with Crippen LogP contribution in [0.15, 0.2) is 12.1 Å². The molecule has 0 saturated carbocycles. The molecule has 0 aromatic heterocycles. The fraction of sp³-hybridized carbons (Fsp3) is 0.500. The number of benzene rings is 1. The number of fused-ring (bicyclic) bond motifs is 1. The van der Waals surface area contributed by atoms with Crippen LogP contribution in [0.4, 0.5) is 0 Å². The summed E-state index contributed by atoms with van der Waals surface area (Å²) in [6.07, 6.45) is 1.11. The van der Waals surface area contributed by atoms with Crippen LogP contribution in [0.5, 0.6) is 5.75 Å². The van der Waals surface area contributed by atoms with E-state index in [0.29, 0.717) is 6.04 Å². The van der Waals surface area contributed by atoms with Crippen molar-refractivity contribution in [2.75, 3.05) is 19.9 Å². The highest BCUT2D eigenvalue weighted by Gasteiger charge is 2.22. The third-order valence-electron chi connectivity index (χ3n) is 2.97. The van der Waals surface area contributed by atoms with Crippen LogP contribution in [0.2, 0.25) is 5.02 Å². The quantitative estimate of drug-likeness (QED) is 0.879. The highest BCUT2D eigenvalue weighted by molar-refractivity contribution is 7.98. The van der Waals surface area contributed by atoms with Crippen molar-refractivity contribution in [3.05, 3.63) is 28.3 Å². The Kier molecular flexibility index (Phi) is 4.00. The number of methoxy groups -OCH3 is 1. The average molecular weight is 258 g/mol. The van der Waals surface area contributed by atoms with E-state index in [1.165, 1.54) is 11.1 Å². The van der Waals surface area contributed by atoms with Gasteiger partial charge in [0, 0.05) is 22.4 Å². The van der Waals surface area contributed by atoms with Gasteiger partial charge in [0.15, 0.2) is 0 Å². The zero-order valence-electron chi connectivity index (χ0n) is 9.55. The molecule has 16 heavy (non-hydrogen) atoms. The van der Waals surface area contributed by atoms with Gasteiger partial charge in [-0.15, -0.1) is 0 Å². The van der Waals surface area contributed by atoms with E-state index in [9.17, 15) is 0 Å². The molecule has 1 heterocycles. The van der Waals surface area contributed by atoms with E-state index in [-0.39, 0.29) is 0 Å². The smallest absolute Gasteiger partial charge is 0.123 e. The van der Waals surface area contributed by atoms with Crippen molar-refractivity contribution in [2.45, 2.75) is 18.2 Å². The van der Waals surface area contributed by atoms with E-state index in [1.54, 1.807) is 7.11 Å². The van der Waals surface area contributed by atoms with Crippen LogP contribution in [0.3, 0.4) is 0 Å². The Morgan fingerprint density at radius 2 is 2.31 bits per heavy atom. The minimum atomic E-state index is 0.340. The molecule has 0 radical (unpaired) electrons. The topological polar surface area (TPSA) is 21.3 Å². The van der Waals surface area contributed by atoms with Gasteiger partial charge in [-0.25, -0.2) is 0 Å². The van der Waals surface area contributed by atoms with Crippen LogP contribution in [0.25, 0.3) is 0 Å². The first-order valence-corrected chi connectivity index (χ1v) is 6.91. The molecule has 4 heteroatoms. The summed E-state index contributed by atoms with van der Waals surface area (Å²) >= 11 is 8.25. The van der Waals surface area contributed by atoms with Gasteiger partial charge in [-0.05, 0) is 36.9 Å². The van der Waals surface area contributed by atoms with Gasteiger partial charge in [0.25, 0.3) is 0 Å². The number of thioether (sulfide) groups is 1. The molecule has 0 amide bonds. The number of ether oxygens (including phenoxy) is 1. The van der Waals surface area contributed by atoms with Crippen molar-refractivity contribution in [3.63, 3.8) is 0 Å². The van der Waals surface area contributed by atoms with Crippen molar-refractivity contribution in [1.82, 2.24) is 5.32 Å². The summed E-state index contributed by atoms with van der Waals surface area (Å²) < 4.78 is 5.42. The molecular formula is C12H16ClNOS. The first-order chi connectivity index (χ1) is 7.77. The maximum atomic E-state index is 6.31. The maximum Gasteiger partial charge on any atom is 0.123 e. The van der Waals surface area contributed by atoms with E-state index in [1.807, 2.05) is 30.9 Å². The predicted molar refractivity (Wildman–Crippen MR) is 70.6 cm³/mol. The summed E-state index contributed by atoms with van der Waals surface area (Å²) in [6, 6.07) is 4.23. The van der Waals surface area contributed by atoms with Gasteiger partial charge in [0.1, 0.15) is 5.75 Å². The van der Waals surface area contributed by atoms with Crippen LogP contribution in [-0.4, -0.2) is 19.9 Å². The molecule has 88 valence electrons. The Balaban J connectivity index is 2.54. The van der Waals surface area contributed by atoms with Crippen LogP contribution < -0.4 is 10.1 Å². The summed E-state index contributed by atoms with van der Waals surface area (Å²) in [4.78, 5) is 0. The van der Waals surface area contributed by atoms with Gasteiger partial charge in [-0.3, -0.25) is 0 Å². The summed E-state index contributed by atoms with van der Waals surface area (Å²) in [5, 5.41) is 4.18. The number of rotatable bonds is 2. The summed E-state index contributed by atoms with van der Waals surface area (Å²) in [5.41, 5.74) is 2.46. The van der Waals surface area contributed by atoms with Gasteiger partial charge < -0.3 is 10.1 Å². The minimum Gasteiger partial charge on any atom is -0.496 e. The first kappa shape index (κ1) is 12.1. The fourth-order valence-corrected chi connectivity index (χ4v) is 3.50. The van der Waals surface area contributed by atoms with Gasteiger partial charge in [-0.2, -0.15) is 11.8 Å². The Morgan fingerprint density at radius 3 is 3.00 bits per heavy atom. The summed E-state index contributed by atoms with van der Waals surface area (Å²) in [5.74, 6) is 3.09. The lowest BCUT2D eigenvalue weighted by Crippen LogP contribution is -2.18. The molecule has 1 aliphatic rings. The predicted octanol–water partition coefficient (Wildman–Crippen LogP) is 3.25. The molecule has 2 rings (SSSR count). The van der Waals surface area contributed by atoms with Gasteiger partial charge in [0.05, 0.1) is 7.11 Å². The minimum absolute atomic E-state index is 0.340. The van der Waals surface area contributed by atoms with E-state index in [0.717, 1.165) is 28.7 Å². The molecule has 0 aliphatic carbocycles. The van der Waals surface area contributed by atoms with E-state index in [2.05, 4.69) is 5.32 Å². The van der Waals surface area contributed by atoms with Gasteiger partial charge in [0.2, 0.25) is 0 Å². The lowest BCUT2D eigenvalue weighted by atomic mass is 9.98. The van der Waals surface area contributed by atoms with E-state index in [4.69, 9.17) is 16.3 Å². The Hall–Kier alpha value is -0.380. The lowest BCUT2D eigenvalue weighted by Gasteiger charge is -2.19. The highest BCUT2D eigenvalue weighted by Crippen LogP contribution is 2.39. The zero-order valence-corrected chi connectivity index (χ0v) is 11.1. The van der Waals surface area contributed by atoms with Crippen molar-refractivity contribution in [1.29, 1.82) is 0 Å². The first-order valence-electron chi connectivity index (χ1n) is 5.38. The number of halogens is 1. The summed E-state index contributed by atoms with van der Waals surface area (Å²) in [7, 11) is 3.70. The monoisotopic (exact) mass is 257 g/mol. The zero-order chi connectivity index (χ0) is 11.5. The van der Waals surface area contributed by atoms with Crippen molar-refractivity contribution in [3.8, 4) is 5.75 Å². The molecule has 2 nitrogen and oxygen atoms in total. The second-order valence-electron chi connectivity index (χ2n) is 3.82. The van der Waals surface area contributed by atoms with Crippen LogP contribution >= 0.6 is 23.4 Å². The maximum absolute atomic E-state index is 6.31. The number of hydrogen-bond donors (Lipinski definition) is 1. The molecule has 0 spiro atoms. The largest absolute Gasteiger partial charge is 0.496 e. The number of hydrogen-bond acceptors (Lipinski definition) is 3. The standard InChI is InChI=1S/C12H16ClNOS/c1-14-10-5-6-16-7-8-11(15-2)4-3-9(13)12(8)10/h3-4,10,14H,5-7H2,1-2H3. The number of nitrogens with one attached hydrogen (secondary N) is 1. The van der Waals surface area contributed by atoms with E-state index >= 15 is 0 Å². The van der Waals surface area contributed by atoms with E-state index < -0.39 is 0 Å². The van der Waals surface area contributed by atoms with Gasteiger partial charge in [-0.1, -0.05) is 11.6 Å². The second-order valence-corrected chi connectivity index (χ2v) is 5.34. The normalized spacial score (nSPS) is 20.1. The highest BCUT2D eigenvalue weighted by atomic mass is 35.5. The SMILES string of the molecule is CNC1CCSCc2c(OC)ccc(Cl)c21. The summed E-state index contributed by atoms with van der Waals surface area (Å²) in [6.45, 7) is 0. The molecular weight excluding hydrogens is 242 g/mol. The Morgan fingerprint density at radius 1 is 1.50 bits per heavy atom. The molecule has 0 bridgehead atoms. The third kappa shape index (κ3) is 2.17. The van der Waals surface area contributed by atoms with Crippen LogP contribution in [0.1, 0.15) is 23.6 Å².